The van der Waals surface area contributed by atoms with E-state index in [1.165, 1.54) is 0 Å². The molecule has 0 aromatic carbocycles. The van der Waals surface area contributed by atoms with E-state index in [0.717, 1.165) is 0 Å². The van der Waals surface area contributed by atoms with Crippen molar-refractivity contribution in [2.24, 2.45) is 11.8 Å². The van der Waals surface area contributed by atoms with Gasteiger partial charge in [-0.25, -0.2) is 4.79 Å². The van der Waals surface area contributed by atoms with Crippen LogP contribution in [0.25, 0.3) is 0 Å². The average Bonchev–Trinajstić information content (AvgIpc) is 3.43. The highest BCUT2D eigenvalue weighted by molar-refractivity contribution is 5.93. The Labute approximate surface area is 165 Å². The minimum atomic E-state index is -0.450. The predicted molar refractivity (Wildman–Crippen MR) is 98.4 cm³/mol. The molecule has 4 heterocycles. The van der Waals surface area contributed by atoms with Crippen LogP contribution in [0.3, 0.4) is 0 Å². The average molecular weight is 391 g/mol. The van der Waals surface area contributed by atoms with Crippen LogP contribution in [0.15, 0.2) is 11.6 Å². The van der Waals surface area contributed by atoms with Gasteiger partial charge in [-0.1, -0.05) is 0 Å². The summed E-state index contributed by atoms with van der Waals surface area (Å²) in [5, 5.41) is 0. The molecule has 4 aliphatic heterocycles. The number of carbonyl (C=O) groups excluding carboxylic acids is 2. The van der Waals surface area contributed by atoms with E-state index >= 15 is 0 Å². The van der Waals surface area contributed by atoms with Crippen LogP contribution in [-0.2, 0) is 28.5 Å². The van der Waals surface area contributed by atoms with E-state index in [0.29, 0.717) is 30.6 Å². The van der Waals surface area contributed by atoms with Crippen molar-refractivity contribution in [1.29, 1.82) is 0 Å². The van der Waals surface area contributed by atoms with Crippen LogP contribution in [-0.4, -0.2) is 71.6 Å². The van der Waals surface area contributed by atoms with E-state index in [1.54, 1.807) is 0 Å². The van der Waals surface area contributed by atoms with Gasteiger partial charge in [-0.15, -0.1) is 0 Å². The molecule has 0 N–H and O–H groups in total. The number of esters is 2. The molecule has 7 nitrogen and oxygen atoms in total. The lowest BCUT2D eigenvalue weighted by atomic mass is 9.80. The summed E-state index contributed by atoms with van der Waals surface area (Å²) in [5.74, 6) is -1.06. The van der Waals surface area contributed by atoms with E-state index in [4.69, 9.17) is 18.9 Å². The molecule has 28 heavy (non-hydrogen) atoms. The number of hydrogen-bond donors (Lipinski definition) is 0. The Balaban J connectivity index is 1.48. The van der Waals surface area contributed by atoms with Gasteiger partial charge in [0.1, 0.15) is 30.5 Å². The standard InChI is InChI=1S/C21H29NO6/c1-9(2)22(10(3)4)8-12-15-13-6-11(19(23)25-13)16-17(27-16)18-21(5,28-18)7-14(15)26-20(12)24/h6,9-10,12-18H,7-8H2,1-5H3. The third kappa shape index (κ3) is 2.74. The summed E-state index contributed by atoms with van der Waals surface area (Å²) in [6, 6.07) is 0.607. The molecule has 0 aromatic heterocycles. The number of fused-ring (bicyclic) bond motifs is 7. The SMILES string of the molecule is CC(C)N(CC1C(=O)OC2CC3(C)OC3C3OC3C3=CC(OC3=O)C21)C(C)C. The Morgan fingerprint density at radius 2 is 1.89 bits per heavy atom. The largest absolute Gasteiger partial charge is 0.462 e. The lowest BCUT2D eigenvalue weighted by Crippen LogP contribution is -2.45. The summed E-state index contributed by atoms with van der Waals surface area (Å²) in [4.78, 5) is 27.7. The number of carbonyl (C=O) groups is 2. The molecule has 7 heteroatoms. The fourth-order valence-electron chi connectivity index (χ4n) is 5.50. The Hall–Kier alpha value is -1.44. The van der Waals surface area contributed by atoms with Crippen molar-refractivity contribution in [3.8, 4) is 0 Å². The summed E-state index contributed by atoms with van der Waals surface area (Å²) in [5.41, 5.74) is 0.212. The van der Waals surface area contributed by atoms with Gasteiger partial charge < -0.3 is 18.9 Å². The number of rotatable bonds is 4. The van der Waals surface area contributed by atoms with Gasteiger partial charge in [0.05, 0.1) is 23.0 Å². The summed E-state index contributed by atoms with van der Waals surface area (Å²) in [6.07, 6.45) is 1.33. The Morgan fingerprint density at radius 3 is 2.57 bits per heavy atom. The molecule has 0 amide bonds. The molecule has 3 saturated heterocycles. The van der Waals surface area contributed by atoms with Crippen molar-refractivity contribution in [2.75, 3.05) is 6.54 Å². The highest BCUT2D eigenvalue weighted by Crippen LogP contribution is 2.55. The maximum Gasteiger partial charge on any atom is 0.337 e. The van der Waals surface area contributed by atoms with Crippen molar-refractivity contribution >= 4 is 11.9 Å². The van der Waals surface area contributed by atoms with Gasteiger partial charge in [0.2, 0.25) is 0 Å². The van der Waals surface area contributed by atoms with Crippen LogP contribution in [0, 0.1) is 11.8 Å². The molecule has 5 aliphatic rings. The summed E-state index contributed by atoms with van der Waals surface area (Å²) >= 11 is 0. The lowest BCUT2D eigenvalue weighted by Gasteiger charge is -2.34. The highest BCUT2D eigenvalue weighted by Gasteiger charge is 2.69. The summed E-state index contributed by atoms with van der Waals surface area (Å²) < 4.78 is 23.3. The summed E-state index contributed by atoms with van der Waals surface area (Å²) in [6.45, 7) is 11.2. The first-order valence-corrected chi connectivity index (χ1v) is 10.4. The van der Waals surface area contributed by atoms with Gasteiger partial charge in [0.15, 0.2) is 0 Å². The van der Waals surface area contributed by atoms with E-state index < -0.39 is 6.10 Å². The lowest BCUT2D eigenvalue weighted by molar-refractivity contribution is -0.145. The normalized spacial score (nSPS) is 46.0. The zero-order valence-electron chi connectivity index (χ0n) is 17.1. The molecule has 2 bridgehead atoms. The number of ether oxygens (including phenoxy) is 4. The predicted octanol–water partition coefficient (Wildman–Crippen LogP) is 1.44. The molecule has 5 rings (SSSR count). The van der Waals surface area contributed by atoms with Gasteiger partial charge in [-0.05, 0) is 40.7 Å². The molecule has 8 atom stereocenters. The fourth-order valence-corrected chi connectivity index (χ4v) is 5.50. The first-order valence-electron chi connectivity index (χ1n) is 10.4. The van der Waals surface area contributed by atoms with Gasteiger partial charge in [-0.3, -0.25) is 9.69 Å². The maximum absolute atomic E-state index is 12.9. The number of nitrogens with zero attached hydrogens (tertiary/aromatic N) is 1. The fraction of sp³-hybridized carbons (Fsp3) is 0.810. The number of epoxide rings is 2. The molecular weight excluding hydrogens is 362 g/mol. The first kappa shape index (κ1) is 18.6. The third-order valence-corrected chi connectivity index (χ3v) is 7.08. The molecule has 0 saturated carbocycles. The van der Waals surface area contributed by atoms with Crippen LogP contribution < -0.4 is 0 Å². The van der Waals surface area contributed by atoms with Crippen LogP contribution in [0.1, 0.15) is 41.0 Å². The van der Waals surface area contributed by atoms with Crippen LogP contribution in [0.2, 0.25) is 0 Å². The molecule has 0 radical (unpaired) electrons. The van der Waals surface area contributed by atoms with Gasteiger partial charge in [0, 0.05) is 25.0 Å². The number of hydrogen-bond acceptors (Lipinski definition) is 7. The van der Waals surface area contributed by atoms with Crippen molar-refractivity contribution in [2.45, 2.75) is 89.2 Å². The van der Waals surface area contributed by atoms with Crippen molar-refractivity contribution in [3.63, 3.8) is 0 Å². The molecule has 0 aromatic rings. The monoisotopic (exact) mass is 391 g/mol. The quantitative estimate of drug-likeness (QED) is 0.530. The second-order valence-corrected chi connectivity index (χ2v) is 9.61. The Morgan fingerprint density at radius 1 is 1.18 bits per heavy atom. The van der Waals surface area contributed by atoms with Crippen molar-refractivity contribution in [1.82, 2.24) is 4.90 Å². The Kier molecular flexibility index (Phi) is 4.00. The second kappa shape index (κ2) is 6.03. The third-order valence-electron chi connectivity index (χ3n) is 7.08. The van der Waals surface area contributed by atoms with Gasteiger partial charge >= 0.3 is 11.9 Å². The van der Waals surface area contributed by atoms with Crippen molar-refractivity contribution in [3.05, 3.63) is 11.6 Å². The van der Waals surface area contributed by atoms with Crippen molar-refractivity contribution < 1.29 is 28.5 Å². The maximum atomic E-state index is 12.9. The van der Waals surface area contributed by atoms with E-state index in [9.17, 15) is 9.59 Å². The highest BCUT2D eigenvalue weighted by atomic mass is 16.7. The molecule has 154 valence electrons. The molecule has 0 spiro atoms. The second-order valence-electron chi connectivity index (χ2n) is 9.61. The molecule has 1 aliphatic carbocycles. The van der Waals surface area contributed by atoms with Crippen LogP contribution in [0.4, 0.5) is 0 Å². The van der Waals surface area contributed by atoms with E-state index in [-0.39, 0.29) is 53.8 Å². The van der Waals surface area contributed by atoms with E-state index in [1.807, 2.05) is 13.0 Å². The van der Waals surface area contributed by atoms with Gasteiger partial charge in [0.25, 0.3) is 0 Å². The summed E-state index contributed by atoms with van der Waals surface area (Å²) in [7, 11) is 0. The minimum Gasteiger partial charge on any atom is -0.462 e. The first-order chi connectivity index (χ1) is 13.2. The molecule has 3 fully saturated rings. The molecule has 8 unspecified atom stereocenters. The van der Waals surface area contributed by atoms with Crippen LogP contribution in [0.5, 0.6) is 0 Å². The zero-order chi connectivity index (χ0) is 20.0. The van der Waals surface area contributed by atoms with Crippen LogP contribution >= 0.6 is 0 Å². The topological polar surface area (TPSA) is 80.9 Å². The smallest absolute Gasteiger partial charge is 0.337 e. The van der Waals surface area contributed by atoms with E-state index in [2.05, 4.69) is 32.6 Å². The zero-order valence-corrected chi connectivity index (χ0v) is 17.1. The minimum absolute atomic E-state index is 0.0513. The molecular formula is C21H29NO6. The van der Waals surface area contributed by atoms with Gasteiger partial charge in [-0.2, -0.15) is 0 Å². The Bertz CT molecular complexity index is 739.